The Morgan fingerprint density at radius 3 is 2.96 bits per heavy atom. The number of aromatic amines is 1. The molecular formula is C17H21ClF2N4O2. The second-order valence-corrected chi connectivity index (χ2v) is 6.12. The molecule has 1 aromatic heterocycles. The Bertz CT molecular complexity index is 741. The molecule has 2 unspecified atom stereocenters. The van der Waals surface area contributed by atoms with E-state index in [4.69, 9.17) is 0 Å². The molecule has 2 atom stereocenters. The predicted molar refractivity (Wildman–Crippen MR) is 95.8 cm³/mol. The van der Waals surface area contributed by atoms with Gasteiger partial charge in [0.05, 0.1) is 17.5 Å². The molecule has 3 N–H and O–H groups in total. The maximum atomic E-state index is 12.6. The summed E-state index contributed by atoms with van der Waals surface area (Å²) in [5, 5.41) is 13.0. The minimum Gasteiger partial charge on any atom is -0.435 e. The first kappa shape index (κ1) is 20.1. The molecule has 26 heavy (non-hydrogen) atoms. The topological polar surface area (TPSA) is 79.0 Å². The lowest BCUT2D eigenvalue weighted by atomic mass is 9.94. The SMILES string of the molecule is CC1CCNCC1NC(=O)c1cn[nH]c1-c1cccc(OC(F)F)c1.Cl. The minimum absolute atomic E-state index is 0. The Kier molecular flexibility index (Phi) is 6.93. The average molecular weight is 387 g/mol. The number of H-pyrrole nitrogens is 1. The Labute approximate surface area is 156 Å². The number of aromatic nitrogens is 2. The molecule has 9 heteroatoms. The van der Waals surface area contributed by atoms with Gasteiger partial charge in [-0.2, -0.15) is 13.9 Å². The van der Waals surface area contributed by atoms with E-state index in [1.54, 1.807) is 12.1 Å². The highest BCUT2D eigenvalue weighted by atomic mass is 35.5. The second-order valence-electron chi connectivity index (χ2n) is 6.12. The minimum atomic E-state index is -2.90. The van der Waals surface area contributed by atoms with Crippen molar-refractivity contribution in [1.82, 2.24) is 20.8 Å². The number of hydrogen-bond donors (Lipinski definition) is 3. The fraction of sp³-hybridized carbons (Fsp3) is 0.412. The van der Waals surface area contributed by atoms with Crippen LogP contribution in [0.25, 0.3) is 11.3 Å². The van der Waals surface area contributed by atoms with E-state index in [0.717, 1.165) is 19.5 Å². The first-order valence-corrected chi connectivity index (χ1v) is 8.15. The summed E-state index contributed by atoms with van der Waals surface area (Å²) in [7, 11) is 0. The number of amides is 1. The number of halogens is 3. The first-order chi connectivity index (χ1) is 12.0. The second kappa shape index (κ2) is 8.95. The van der Waals surface area contributed by atoms with Crippen LogP contribution in [0, 0.1) is 5.92 Å². The van der Waals surface area contributed by atoms with Gasteiger partial charge in [-0.3, -0.25) is 9.89 Å². The van der Waals surface area contributed by atoms with E-state index >= 15 is 0 Å². The standard InChI is InChI=1S/C17H20F2N4O2.ClH/c1-10-5-6-20-9-14(10)22-16(24)13-8-21-23-15(13)11-3-2-4-12(7-11)25-17(18)19;/h2-4,7-8,10,14,17,20H,5-6,9H2,1H3,(H,21,23)(H,22,24);1H. The van der Waals surface area contributed by atoms with Crippen LogP contribution in [-0.2, 0) is 0 Å². The van der Waals surface area contributed by atoms with Crippen LogP contribution >= 0.6 is 12.4 Å². The van der Waals surface area contributed by atoms with Crippen LogP contribution in [-0.4, -0.2) is 41.8 Å². The van der Waals surface area contributed by atoms with Crippen molar-refractivity contribution in [3.63, 3.8) is 0 Å². The van der Waals surface area contributed by atoms with E-state index in [1.807, 2.05) is 0 Å². The smallest absolute Gasteiger partial charge is 0.387 e. The predicted octanol–water partition coefficient (Wildman–Crippen LogP) is 2.83. The fourth-order valence-electron chi connectivity index (χ4n) is 2.94. The van der Waals surface area contributed by atoms with Gasteiger partial charge in [-0.15, -0.1) is 12.4 Å². The third-order valence-corrected chi connectivity index (χ3v) is 4.38. The summed E-state index contributed by atoms with van der Waals surface area (Å²) >= 11 is 0. The molecule has 1 aliphatic rings. The summed E-state index contributed by atoms with van der Waals surface area (Å²) in [5.41, 5.74) is 1.39. The number of ether oxygens (including phenoxy) is 1. The van der Waals surface area contributed by atoms with Gasteiger partial charge in [0.25, 0.3) is 5.91 Å². The van der Waals surface area contributed by atoms with Crippen LogP contribution < -0.4 is 15.4 Å². The zero-order chi connectivity index (χ0) is 17.8. The van der Waals surface area contributed by atoms with Crippen LogP contribution in [0.2, 0.25) is 0 Å². The number of hydrogen-bond acceptors (Lipinski definition) is 4. The van der Waals surface area contributed by atoms with Crippen LogP contribution in [0.5, 0.6) is 5.75 Å². The number of nitrogens with zero attached hydrogens (tertiary/aromatic N) is 1. The largest absolute Gasteiger partial charge is 0.435 e. The molecule has 0 spiro atoms. The zero-order valence-electron chi connectivity index (χ0n) is 14.2. The number of carbonyl (C=O) groups is 1. The number of rotatable bonds is 5. The number of alkyl halides is 2. The number of piperidine rings is 1. The lowest BCUT2D eigenvalue weighted by molar-refractivity contribution is -0.0498. The maximum absolute atomic E-state index is 12.6. The van der Waals surface area contributed by atoms with Gasteiger partial charge in [-0.05, 0) is 31.0 Å². The Morgan fingerprint density at radius 2 is 2.23 bits per heavy atom. The van der Waals surface area contributed by atoms with Crippen LogP contribution in [0.1, 0.15) is 23.7 Å². The van der Waals surface area contributed by atoms with Gasteiger partial charge in [-0.25, -0.2) is 0 Å². The average Bonchev–Trinajstić information content (AvgIpc) is 3.06. The fourth-order valence-corrected chi connectivity index (χ4v) is 2.94. The molecule has 1 amide bonds. The molecule has 2 aromatic rings. The molecule has 0 bridgehead atoms. The van der Waals surface area contributed by atoms with Gasteiger partial charge in [-0.1, -0.05) is 19.1 Å². The summed E-state index contributed by atoms with van der Waals surface area (Å²) in [6.45, 7) is 0.868. The molecule has 1 aromatic carbocycles. The van der Waals surface area contributed by atoms with Crippen molar-refractivity contribution in [2.75, 3.05) is 13.1 Å². The molecule has 1 saturated heterocycles. The number of benzene rings is 1. The lowest BCUT2D eigenvalue weighted by Crippen LogP contribution is -2.50. The van der Waals surface area contributed by atoms with Crippen LogP contribution in [0.4, 0.5) is 8.78 Å². The van der Waals surface area contributed by atoms with Gasteiger partial charge >= 0.3 is 6.61 Å². The van der Waals surface area contributed by atoms with Crippen molar-refractivity contribution >= 4 is 18.3 Å². The molecule has 0 saturated carbocycles. The molecule has 2 heterocycles. The number of carbonyl (C=O) groups excluding carboxylic acids is 1. The number of nitrogens with one attached hydrogen (secondary N) is 3. The molecule has 3 rings (SSSR count). The third-order valence-electron chi connectivity index (χ3n) is 4.38. The summed E-state index contributed by atoms with van der Waals surface area (Å²) in [5.74, 6) is 0.159. The monoisotopic (exact) mass is 386 g/mol. The van der Waals surface area contributed by atoms with Crippen molar-refractivity contribution in [3.05, 3.63) is 36.0 Å². The van der Waals surface area contributed by atoms with Gasteiger partial charge in [0.2, 0.25) is 0 Å². The van der Waals surface area contributed by atoms with Crippen LogP contribution in [0.3, 0.4) is 0 Å². The summed E-state index contributed by atoms with van der Waals surface area (Å²) in [6.07, 6.45) is 2.43. The van der Waals surface area contributed by atoms with E-state index in [2.05, 4.69) is 32.5 Å². The normalized spacial score (nSPS) is 19.7. The molecule has 1 fully saturated rings. The Hall–Kier alpha value is -2.19. The van der Waals surface area contributed by atoms with Crippen molar-refractivity contribution in [2.45, 2.75) is 26.0 Å². The zero-order valence-corrected chi connectivity index (χ0v) is 15.0. The quantitative estimate of drug-likeness (QED) is 0.738. The molecule has 0 aliphatic carbocycles. The lowest BCUT2D eigenvalue weighted by Gasteiger charge is -2.30. The summed E-state index contributed by atoms with van der Waals surface area (Å²) in [4.78, 5) is 12.6. The van der Waals surface area contributed by atoms with Crippen LogP contribution in [0.15, 0.2) is 30.5 Å². The highest BCUT2D eigenvalue weighted by Crippen LogP contribution is 2.26. The van der Waals surface area contributed by atoms with E-state index in [9.17, 15) is 13.6 Å². The molecular weight excluding hydrogens is 366 g/mol. The summed E-state index contributed by atoms with van der Waals surface area (Å²) < 4.78 is 29.2. The Balaban J connectivity index is 0.00000243. The maximum Gasteiger partial charge on any atom is 0.387 e. The highest BCUT2D eigenvalue weighted by Gasteiger charge is 2.25. The molecule has 1 aliphatic heterocycles. The van der Waals surface area contributed by atoms with Gasteiger partial charge in [0, 0.05) is 18.2 Å². The molecule has 142 valence electrons. The molecule has 0 radical (unpaired) electrons. The van der Waals surface area contributed by atoms with Crippen molar-refractivity contribution in [2.24, 2.45) is 5.92 Å². The van der Waals surface area contributed by atoms with Crippen molar-refractivity contribution in [1.29, 1.82) is 0 Å². The van der Waals surface area contributed by atoms with E-state index < -0.39 is 6.61 Å². The van der Waals surface area contributed by atoms with E-state index in [-0.39, 0.29) is 30.1 Å². The first-order valence-electron chi connectivity index (χ1n) is 8.15. The Morgan fingerprint density at radius 1 is 1.42 bits per heavy atom. The van der Waals surface area contributed by atoms with Gasteiger partial charge in [0.15, 0.2) is 0 Å². The third kappa shape index (κ3) is 4.70. The van der Waals surface area contributed by atoms with Crippen molar-refractivity contribution < 1.29 is 18.3 Å². The van der Waals surface area contributed by atoms with Crippen molar-refractivity contribution in [3.8, 4) is 17.0 Å². The van der Waals surface area contributed by atoms with E-state index in [0.29, 0.717) is 22.7 Å². The highest BCUT2D eigenvalue weighted by molar-refractivity contribution is 6.00. The van der Waals surface area contributed by atoms with Gasteiger partial charge in [0.1, 0.15) is 5.75 Å². The van der Waals surface area contributed by atoms with E-state index in [1.165, 1.54) is 18.3 Å². The van der Waals surface area contributed by atoms with Gasteiger partial charge < -0.3 is 15.4 Å². The summed E-state index contributed by atoms with van der Waals surface area (Å²) in [6, 6.07) is 6.20. The molecule has 6 nitrogen and oxygen atoms in total.